The number of pyridine rings is 1. The SMILES string of the molecule is Cc1ccc(O)c(-c2cc(C)c3ccc(C(C)O)cc3n2)c1. The Hall–Kier alpha value is -2.39. The van der Waals surface area contributed by atoms with E-state index in [1.54, 1.807) is 13.0 Å². The summed E-state index contributed by atoms with van der Waals surface area (Å²) in [4.78, 5) is 4.68. The van der Waals surface area contributed by atoms with E-state index in [4.69, 9.17) is 0 Å². The quantitative estimate of drug-likeness (QED) is 0.741. The summed E-state index contributed by atoms with van der Waals surface area (Å²) < 4.78 is 0. The van der Waals surface area contributed by atoms with Gasteiger partial charge in [-0.05, 0) is 56.2 Å². The molecule has 0 fully saturated rings. The lowest BCUT2D eigenvalue weighted by Crippen LogP contribution is -1.94. The lowest BCUT2D eigenvalue weighted by Gasteiger charge is -2.11. The van der Waals surface area contributed by atoms with E-state index >= 15 is 0 Å². The molecule has 0 amide bonds. The number of aromatic hydroxyl groups is 1. The maximum absolute atomic E-state index is 10.1. The maximum atomic E-state index is 10.1. The number of fused-ring (bicyclic) bond motifs is 1. The van der Waals surface area contributed by atoms with Crippen molar-refractivity contribution in [3.63, 3.8) is 0 Å². The minimum absolute atomic E-state index is 0.225. The molecule has 3 aromatic rings. The van der Waals surface area contributed by atoms with E-state index in [9.17, 15) is 10.2 Å². The molecule has 0 aliphatic carbocycles. The van der Waals surface area contributed by atoms with Crippen LogP contribution in [0.25, 0.3) is 22.2 Å². The second-order valence-corrected chi connectivity index (χ2v) is 5.80. The molecule has 0 saturated carbocycles. The monoisotopic (exact) mass is 293 g/mol. The molecule has 0 bridgehead atoms. The first-order chi connectivity index (χ1) is 10.5. The summed E-state index contributed by atoms with van der Waals surface area (Å²) in [6.07, 6.45) is -0.525. The number of aliphatic hydroxyl groups is 1. The summed E-state index contributed by atoms with van der Waals surface area (Å²) in [7, 11) is 0. The van der Waals surface area contributed by atoms with Gasteiger partial charge in [-0.15, -0.1) is 0 Å². The Bertz CT molecular complexity index is 853. The minimum atomic E-state index is -0.525. The van der Waals surface area contributed by atoms with Crippen LogP contribution in [0.1, 0.15) is 29.7 Å². The van der Waals surface area contributed by atoms with Gasteiger partial charge in [-0.3, -0.25) is 0 Å². The number of hydrogen-bond acceptors (Lipinski definition) is 3. The molecule has 0 aliphatic rings. The maximum Gasteiger partial charge on any atom is 0.124 e. The van der Waals surface area contributed by atoms with Gasteiger partial charge in [0.1, 0.15) is 5.75 Å². The summed E-state index contributed by atoms with van der Waals surface area (Å²) in [5.41, 5.74) is 5.31. The fraction of sp³-hybridized carbons (Fsp3) is 0.211. The second-order valence-electron chi connectivity index (χ2n) is 5.80. The number of nitrogens with zero attached hydrogens (tertiary/aromatic N) is 1. The van der Waals surface area contributed by atoms with E-state index in [0.29, 0.717) is 0 Å². The van der Waals surface area contributed by atoms with Crippen molar-refractivity contribution in [3.8, 4) is 17.0 Å². The van der Waals surface area contributed by atoms with Crippen molar-refractivity contribution < 1.29 is 10.2 Å². The van der Waals surface area contributed by atoms with Gasteiger partial charge in [-0.25, -0.2) is 4.98 Å². The lowest BCUT2D eigenvalue weighted by atomic mass is 10.0. The highest BCUT2D eigenvalue weighted by molar-refractivity contribution is 5.86. The van der Waals surface area contributed by atoms with Crippen molar-refractivity contribution in [2.45, 2.75) is 26.9 Å². The summed E-state index contributed by atoms with van der Waals surface area (Å²) in [5, 5.41) is 20.9. The van der Waals surface area contributed by atoms with Crippen LogP contribution in [0.5, 0.6) is 5.75 Å². The molecule has 1 aromatic heterocycles. The summed E-state index contributed by atoms with van der Waals surface area (Å²) in [6.45, 7) is 5.76. The van der Waals surface area contributed by atoms with Crippen molar-refractivity contribution in [1.29, 1.82) is 0 Å². The zero-order valence-corrected chi connectivity index (χ0v) is 13.0. The van der Waals surface area contributed by atoms with Gasteiger partial charge in [0, 0.05) is 10.9 Å². The van der Waals surface area contributed by atoms with Crippen LogP contribution in [0.4, 0.5) is 0 Å². The molecule has 3 rings (SSSR count). The number of phenols is 1. The number of benzene rings is 2. The Kier molecular flexibility index (Phi) is 3.59. The number of aryl methyl sites for hydroxylation is 2. The van der Waals surface area contributed by atoms with E-state index in [0.717, 1.165) is 38.9 Å². The first-order valence-electron chi connectivity index (χ1n) is 7.35. The third-order valence-electron chi connectivity index (χ3n) is 3.95. The largest absolute Gasteiger partial charge is 0.507 e. The van der Waals surface area contributed by atoms with Crippen molar-refractivity contribution in [2.75, 3.05) is 0 Å². The Morgan fingerprint density at radius 2 is 1.77 bits per heavy atom. The number of phenolic OH excluding ortho intramolecular Hbond substituents is 1. The van der Waals surface area contributed by atoms with E-state index in [1.165, 1.54) is 0 Å². The Morgan fingerprint density at radius 3 is 2.50 bits per heavy atom. The molecule has 0 aliphatic heterocycles. The van der Waals surface area contributed by atoms with Crippen LogP contribution < -0.4 is 0 Å². The minimum Gasteiger partial charge on any atom is -0.507 e. The molecule has 0 radical (unpaired) electrons. The average molecular weight is 293 g/mol. The highest BCUT2D eigenvalue weighted by Crippen LogP contribution is 2.32. The predicted molar refractivity (Wildman–Crippen MR) is 89.0 cm³/mol. The number of aromatic nitrogens is 1. The molecule has 2 N–H and O–H groups in total. The van der Waals surface area contributed by atoms with E-state index in [-0.39, 0.29) is 5.75 Å². The second kappa shape index (κ2) is 5.43. The van der Waals surface area contributed by atoms with E-state index in [2.05, 4.69) is 4.98 Å². The molecular weight excluding hydrogens is 274 g/mol. The standard InChI is InChI=1S/C19H19NO2/c1-11-4-7-19(22)16(8-11)17-9-12(2)15-6-5-14(13(3)21)10-18(15)20-17/h4-10,13,21-22H,1-3H3. The molecule has 0 saturated heterocycles. The Balaban J connectivity index is 2.25. The third kappa shape index (κ3) is 2.55. The smallest absolute Gasteiger partial charge is 0.124 e. The molecule has 2 aromatic carbocycles. The first-order valence-corrected chi connectivity index (χ1v) is 7.35. The number of aliphatic hydroxyl groups excluding tert-OH is 1. The van der Waals surface area contributed by atoms with Crippen molar-refractivity contribution in [3.05, 3.63) is 59.2 Å². The van der Waals surface area contributed by atoms with Crippen molar-refractivity contribution in [1.82, 2.24) is 4.98 Å². The molecule has 3 heteroatoms. The molecule has 1 heterocycles. The normalized spacial score (nSPS) is 12.5. The van der Waals surface area contributed by atoms with Gasteiger partial charge >= 0.3 is 0 Å². The van der Waals surface area contributed by atoms with Crippen LogP contribution in [0.15, 0.2) is 42.5 Å². The van der Waals surface area contributed by atoms with Gasteiger partial charge in [-0.2, -0.15) is 0 Å². The molecule has 3 nitrogen and oxygen atoms in total. The molecule has 22 heavy (non-hydrogen) atoms. The number of hydrogen-bond donors (Lipinski definition) is 2. The molecule has 112 valence electrons. The van der Waals surface area contributed by atoms with E-state index in [1.807, 2.05) is 50.2 Å². The van der Waals surface area contributed by atoms with Crippen molar-refractivity contribution in [2.24, 2.45) is 0 Å². The fourth-order valence-electron chi connectivity index (χ4n) is 2.67. The van der Waals surface area contributed by atoms with Crippen LogP contribution in [-0.2, 0) is 0 Å². The lowest BCUT2D eigenvalue weighted by molar-refractivity contribution is 0.199. The summed E-state index contributed by atoms with van der Waals surface area (Å²) >= 11 is 0. The molecule has 1 atom stereocenters. The molecular formula is C19H19NO2. The number of rotatable bonds is 2. The van der Waals surface area contributed by atoms with Crippen LogP contribution in [-0.4, -0.2) is 15.2 Å². The highest BCUT2D eigenvalue weighted by atomic mass is 16.3. The molecule has 1 unspecified atom stereocenters. The van der Waals surface area contributed by atoms with Gasteiger partial charge in [0.15, 0.2) is 0 Å². The third-order valence-corrected chi connectivity index (χ3v) is 3.95. The Labute approximate surface area is 129 Å². The van der Waals surface area contributed by atoms with E-state index < -0.39 is 6.10 Å². The summed E-state index contributed by atoms with van der Waals surface area (Å²) in [6, 6.07) is 13.3. The topological polar surface area (TPSA) is 53.4 Å². The van der Waals surface area contributed by atoms with Gasteiger partial charge in [0.2, 0.25) is 0 Å². The van der Waals surface area contributed by atoms with Gasteiger partial charge in [0.05, 0.1) is 17.3 Å². The first kappa shape index (κ1) is 14.5. The van der Waals surface area contributed by atoms with Crippen LogP contribution in [0.3, 0.4) is 0 Å². The average Bonchev–Trinajstić information content (AvgIpc) is 2.49. The van der Waals surface area contributed by atoms with Gasteiger partial charge in [-0.1, -0.05) is 23.8 Å². The van der Waals surface area contributed by atoms with Gasteiger partial charge in [0.25, 0.3) is 0 Å². The zero-order valence-electron chi connectivity index (χ0n) is 13.0. The molecule has 0 spiro atoms. The van der Waals surface area contributed by atoms with Gasteiger partial charge < -0.3 is 10.2 Å². The highest BCUT2D eigenvalue weighted by Gasteiger charge is 2.10. The van der Waals surface area contributed by atoms with Crippen molar-refractivity contribution >= 4 is 10.9 Å². The van der Waals surface area contributed by atoms with Crippen LogP contribution in [0, 0.1) is 13.8 Å². The fourth-order valence-corrected chi connectivity index (χ4v) is 2.67. The Morgan fingerprint density at radius 1 is 1.00 bits per heavy atom. The van der Waals surface area contributed by atoms with Crippen LogP contribution in [0.2, 0.25) is 0 Å². The summed E-state index contributed by atoms with van der Waals surface area (Å²) in [5.74, 6) is 0.225. The zero-order chi connectivity index (χ0) is 15.9. The van der Waals surface area contributed by atoms with Crippen LogP contribution >= 0.6 is 0 Å². The predicted octanol–water partition coefficient (Wildman–Crippen LogP) is 4.28.